The minimum absolute atomic E-state index is 0.0679. The molecular weight excluding hydrogens is 428 g/mol. The summed E-state index contributed by atoms with van der Waals surface area (Å²) in [5.41, 5.74) is 0.623. The van der Waals surface area contributed by atoms with Crippen molar-refractivity contribution >= 4 is 32.5 Å². The van der Waals surface area contributed by atoms with Crippen molar-refractivity contribution in [2.24, 2.45) is 5.92 Å². The van der Waals surface area contributed by atoms with Crippen LogP contribution in [0.1, 0.15) is 26.7 Å². The lowest BCUT2D eigenvalue weighted by Crippen LogP contribution is -2.43. The lowest BCUT2D eigenvalue weighted by molar-refractivity contribution is -0.117. The van der Waals surface area contributed by atoms with Crippen LogP contribution in [0.4, 0.5) is 5.95 Å². The fraction of sp³-hybridized carbons (Fsp3) is 0.526. The first-order chi connectivity index (χ1) is 14.1. The van der Waals surface area contributed by atoms with Gasteiger partial charge >= 0.3 is 0 Å². The largest absolute Gasteiger partial charge is 0.381 e. The number of ether oxygens (including phenoxy) is 1. The maximum Gasteiger partial charge on any atom is 0.249 e. The smallest absolute Gasteiger partial charge is 0.249 e. The van der Waals surface area contributed by atoms with Crippen LogP contribution in [0.25, 0.3) is 11.4 Å². The number of hydrogen-bond acceptors (Lipinski definition) is 7. The Kier molecular flexibility index (Phi) is 6.73. The quantitative estimate of drug-likeness (QED) is 0.652. The van der Waals surface area contributed by atoms with Crippen molar-refractivity contribution in [1.29, 1.82) is 0 Å². The zero-order valence-corrected chi connectivity index (χ0v) is 18.8. The molecule has 0 aliphatic carbocycles. The second kappa shape index (κ2) is 8.94. The second-order valence-electron chi connectivity index (χ2n) is 7.84. The molecule has 2 heterocycles. The zero-order valence-electron chi connectivity index (χ0n) is 17.2. The molecule has 9 nitrogen and oxygen atoms in total. The van der Waals surface area contributed by atoms with E-state index in [2.05, 4.69) is 20.5 Å². The Morgan fingerprint density at radius 1 is 1.27 bits per heavy atom. The summed E-state index contributed by atoms with van der Waals surface area (Å²) in [5, 5.41) is 9.33. The van der Waals surface area contributed by atoms with Crippen LogP contribution < -0.4 is 5.32 Å². The van der Waals surface area contributed by atoms with Gasteiger partial charge in [-0.3, -0.25) is 19.4 Å². The van der Waals surface area contributed by atoms with Crippen LogP contribution in [-0.2, 0) is 30.2 Å². The number of carbonyl (C=O) groups excluding carboxylic acids is 1. The van der Waals surface area contributed by atoms with E-state index in [9.17, 15) is 17.4 Å². The Morgan fingerprint density at radius 2 is 1.90 bits per heavy atom. The maximum atomic E-state index is 12.8. The molecular formula is C19H26N4O5S2. The van der Waals surface area contributed by atoms with Gasteiger partial charge in [-0.25, -0.2) is 8.42 Å². The Balaban J connectivity index is 1.65. The number of aromatic amines is 1. The summed E-state index contributed by atoms with van der Waals surface area (Å²) < 4.78 is 40.2. The molecule has 1 fully saturated rings. The molecule has 1 aromatic heterocycles. The van der Waals surface area contributed by atoms with Gasteiger partial charge in [0.15, 0.2) is 15.7 Å². The van der Waals surface area contributed by atoms with Gasteiger partial charge in [0.1, 0.15) is 4.75 Å². The normalized spacial score (nSPS) is 16.9. The van der Waals surface area contributed by atoms with Crippen LogP contribution in [0.2, 0.25) is 0 Å². The van der Waals surface area contributed by atoms with Gasteiger partial charge in [-0.2, -0.15) is 4.98 Å². The highest BCUT2D eigenvalue weighted by Gasteiger charge is 2.36. The third-order valence-electron chi connectivity index (χ3n) is 5.11. The van der Waals surface area contributed by atoms with E-state index in [0.29, 0.717) is 30.4 Å². The third kappa shape index (κ3) is 5.32. The summed E-state index contributed by atoms with van der Waals surface area (Å²) in [5.74, 6) is 0.766. The molecule has 1 amide bonds. The maximum absolute atomic E-state index is 12.8. The number of aromatic nitrogens is 3. The summed E-state index contributed by atoms with van der Waals surface area (Å²) in [4.78, 5) is 17.2. The topological polar surface area (TPSA) is 131 Å². The van der Waals surface area contributed by atoms with E-state index in [1.54, 1.807) is 26.0 Å². The Labute approximate surface area is 178 Å². The van der Waals surface area contributed by atoms with Crippen molar-refractivity contribution in [3.05, 3.63) is 24.3 Å². The van der Waals surface area contributed by atoms with Crippen molar-refractivity contribution < 1.29 is 22.2 Å². The lowest BCUT2D eigenvalue weighted by atomic mass is 10.0. The fourth-order valence-corrected chi connectivity index (χ4v) is 5.06. The van der Waals surface area contributed by atoms with Gasteiger partial charge in [-0.05, 0) is 56.9 Å². The number of hydrogen-bond donors (Lipinski definition) is 2. The van der Waals surface area contributed by atoms with E-state index in [4.69, 9.17) is 4.74 Å². The number of benzene rings is 1. The third-order valence-corrected chi connectivity index (χ3v) is 8.34. The predicted molar refractivity (Wildman–Crippen MR) is 114 cm³/mol. The first kappa shape index (κ1) is 22.6. The average Bonchev–Trinajstić information content (AvgIpc) is 3.16. The minimum Gasteiger partial charge on any atom is -0.381 e. The van der Waals surface area contributed by atoms with E-state index in [0.717, 1.165) is 19.1 Å². The predicted octanol–water partition coefficient (Wildman–Crippen LogP) is 1.77. The summed E-state index contributed by atoms with van der Waals surface area (Å²) in [6.45, 7) is 4.63. The van der Waals surface area contributed by atoms with Gasteiger partial charge in [0.25, 0.3) is 0 Å². The number of sulfone groups is 1. The van der Waals surface area contributed by atoms with Crippen LogP contribution >= 0.6 is 0 Å². The van der Waals surface area contributed by atoms with Crippen LogP contribution in [-0.4, -0.2) is 63.7 Å². The van der Waals surface area contributed by atoms with E-state index in [-0.39, 0.29) is 16.8 Å². The van der Waals surface area contributed by atoms with Crippen molar-refractivity contribution in [3.8, 4) is 11.4 Å². The highest BCUT2D eigenvalue weighted by atomic mass is 32.2. The van der Waals surface area contributed by atoms with E-state index < -0.39 is 31.3 Å². The minimum atomic E-state index is -3.29. The van der Waals surface area contributed by atoms with Crippen LogP contribution in [0.5, 0.6) is 0 Å². The Morgan fingerprint density at radius 3 is 2.50 bits per heavy atom. The summed E-state index contributed by atoms with van der Waals surface area (Å²) in [6, 6.07) is 6.17. The first-order valence-corrected chi connectivity index (χ1v) is 12.8. The molecule has 2 aromatic rings. The summed E-state index contributed by atoms with van der Waals surface area (Å²) >= 11 is 0. The molecule has 1 saturated heterocycles. The molecule has 164 valence electrons. The number of rotatable bonds is 7. The first-order valence-electron chi connectivity index (χ1n) is 9.58. The number of nitrogens with one attached hydrogen (secondary N) is 2. The van der Waals surface area contributed by atoms with Crippen molar-refractivity contribution in [2.75, 3.05) is 30.5 Å². The highest BCUT2D eigenvalue weighted by Crippen LogP contribution is 2.23. The SMILES string of the molecule is CC(C)(C(=O)Nc1n[nH]c(-c2ccc(S(C)(=O)=O)cc2)n1)S(=O)CC1CCOCC1. The molecule has 2 N–H and O–H groups in total. The summed E-state index contributed by atoms with van der Waals surface area (Å²) in [6.07, 6.45) is 2.84. The standard InChI is InChI=1S/C19H26N4O5S2/c1-19(2,29(25)12-13-8-10-28-11-9-13)17(24)21-18-20-16(22-23-18)14-4-6-15(7-5-14)30(3,26)27/h4-7,13H,8-12H2,1-3H3,(H2,20,21,22,23,24). The second-order valence-corrected chi connectivity index (χ2v) is 11.9. The van der Waals surface area contributed by atoms with E-state index >= 15 is 0 Å². The molecule has 1 aliphatic rings. The average molecular weight is 455 g/mol. The zero-order chi connectivity index (χ0) is 21.9. The molecule has 0 radical (unpaired) electrons. The molecule has 11 heteroatoms. The molecule has 1 unspecified atom stereocenters. The van der Waals surface area contributed by atoms with Crippen molar-refractivity contribution in [1.82, 2.24) is 15.2 Å². The summed E-state index contributed by atoms with van der Waals surface area (Å²) in [7, 11) is -4.65. The van der Waals surface area contributed by atoms with Gasteiger partial charge in [-0.1, -0.05) is 0 Å². The van der Waals surface area contributed by atoms with Crippen LogP contribution in [0.15, 0.2) is 29.2 Å². The van der Waals surface area contributed by atoms with Gasteiger partial charge in [0, 0.05) is 41.6 Å². The van der Waals surface area contributed by atoms with Crippen molar-refractivity contribution in [2.45, 2.75) is 36.3 Å². The molecule has 30 heavy (non-hydrogen) atoms. The molecule has 3 rings (SSSR count). The van der Waals surface area contributed by atoms with Gasteiger partial charge < -0.3 is 4.74 Å². The lowest BCUT2D eigenvalue weighted by Gasteiger charge is -2.27. The highest BCUT2D eigenvalue weighted by molar-refractivity contribution is 7.90. The number of carbonyl (C=O) groups is 1. The Hall–Kier alpha value is -2.11. The number of amides is 1. The molecule has 0 spiro atoms. The molecule has 1 aliphatic heterocycles. The number of anilines is 1. The van der Waals surface area contributed by atoms with Gasteiger partial charge in [0.05, 0.1) is 4.90 Å². The number of H-pyrrole nitrogens is 1. The van der Waals surface area contributed by atoms with Gasteiger partial charge in [-0.15, -0.1) is 5.10 Å². The van der Waals surface area contributed by atoms with Crippen LogP contribution in [0.3, 0.4) is 0 Å². The van der Waals surface area contributed by atoms with Crippen LogP contribution in [0, 0.1) is 5.92 Å². The monoisotopic (exact) mass is 454 g/mol. The Bertz CT molecular complexity index is 1030. The number of nitrogens with zero attached hydrogens (tertiary/aromatic N) is 2. The molecule has 1 atom stereocenters. The van der Waals surface area contributed by atoms with E-state index in [1.165, 1.54) is 12.1 Å². The van der Waals surface area contributed by atoms with Gasteiger partial charge in [0.2, 0.25) is 11.9 Å². The van der Waals surface area contributed by atoms with E-state index in [1.807, 2.05) is 0 Å². The molecule has 1 aromatic carbocycles. The van der Waals surface area contributed by atoms with Crippen molar-refractivity contribution in [3.63, 3.8) is 0 Å². The molecule has 0 bridgehead atoms. The fourth-order valence-electron chi connectivity index (χ4n) is 3.00. The molecule has 0 saturated carbocycles.